The summed E-state index contributed by atoms with van der Waals surface area (Å²) < 4.78 is 13.3. The van der Waals surface area contributed by atoms with Gasteiger partial charge >= 0.3 is 5.97 Å². The van der Waals surface area contributed by atoms with Gasteiger partial charge in [0.15, 0.2) is 0 Å². The van der Waals surface area contributed by atoms with Crippen molar-refractivity contribution in [1.29, 1.82) is 0 Å². The van der Waals surface area contributed by atoms with E-state index in [1.807, 2.05) is 0 Å². The third kappa shape index (κ3) is 4.17. The molecule has 1 N–H and O–H groups in total. The van der Waals surface area contributed by atoms with Gasteiger partial charge in [-0.3, -0.25) is 9.69 Å². The van der Waals surface area contributed by atoms with Crippen LogP contribution in [0.5, 0.6) is 0 Å². The molecular weight excluding hydrogens is 293 g/mol. The molecule has 1 fully saturated rings. The van der Waals surface area contributed by atoms with Crippen LogP contribution in [0.1, 0.15) is 50.6 Å². The standard InChI is InChI=1S/C16H21ClFNO2/c1-11(12-5-7-15(18)14(17)10-12)19-9-3-2-4-13(19)6-8-16(20)21/h5,7,10-11,13H,2-4,6,8-9H2,1H3,(H,20,21). The van der Waals surface area contributed by atoms with Crippen molar-refractivity contribution >= 4 is 17.6 Å². The van der Waals surface area contributed by atoms with Crippen LogP contribution >= 0.6 is 11.6 Å². The number of hydrogen-bond donors (Lipinski definition) is 1. The van der Waals surface area contributed by atoms with Crippen LogP contribution < -0.4 is 0 Å². The van der Waals surface area contributed by atoms with Gasteiger partial charge in [-0.2, -0.15) is 0 Å². The second kappa shape index (κ2) is 7.23. The van der Waals surface area contributed by atoms with Crippen LogP contribution in [0.4, 0.5) is 4.39 Å². The molecule has 0 aliphatic carbocycles. The van der Waals surface area contributed by atoms with E-state index in [0.717, 1.165) is 31.4 Å². The highest BCUT2D eigenvalue weighted by atomic mass is 35.5. The predicted molar refractivity (Wildman–Crippen MR) is 81.0 cm³/mol. The Bertz CT molecular complexity index is 509. The summed E-state index contributed by atoms with van der Waals surface area (Å²) in [5.74, 6) is -1.16. The van der Waals surface area contributed by atoms with E-state index in [4.69, 9.17) is 16.7 Å². The van der Waals surface area contributed by atoms with Crippen molar-refractivity contribution < 1.29 is 14.3 Å². The fourth-order valence-electron chi connectivity index (χ4n) is 3.10. The average molecular weight is 314 g/mol. The number of carbonyl (C=O) groups is 1. The van der Waals surface area contributed by atoms with Crippen LogP contribution in [-0.2, 0) is 4.79 Å². The number of benzene rings is 1. The molecule has 1 saturated heterocycles. The summed E-state index contributed by atoms with van der Waals surface area (Å²) >= 11 is 5.86. The Balaban J connectivity index is 2.11. The topological polar surface area (TPSA) is 40.5 Å². The summed E-state index contributed by atoms with van der Waals surface area (Å²) in [6.07, 6.45) is 4.12. The summed E-state index contributed by atoms with van der Waals surface area (Å²) in [4.78, 5) is 13.1. The second-order valence-corrected chi connectivity index (χ2v) is 6.08. The zero-order valence-corrected chi connectivity index (χ0v) is 12.9. The Morgan fingerprint density at radius 2 is 2.29 bits per heavy atom. The second-order valence-electron chi connectivity index (χ2n) is 5.67. The lowest BCUT2D eigenvalue weighted by atomic mass is 9.94. The van der Waals surface area contributed by atoms with Crippen molar-refractivity contribution in [2.75, 3.05) is 6.54 Å². The van der Waals surface area contributed by atoms with Crippen molar-refractivity contribution in [2.24, 2.45) is 0 Å². The molecule has 1 aromatic carbocycles. The van der Waals surface area contributed by atoms with Crippen molar-refractivity contribution in [3.63, 3.8) is 0 Å². The van der Waals surface area contributed by atoms with Crippen LogP contribution in [0.15, 0.2) is 18.2 Å². The molecule has 0 bridgehead atoms. The van der Waals surface area contributed by atoms with Gasteiger partial charge in [0.05, 0.1) is 5.02 Å². The highest BCUT2D eigenvalue weighted by molar-refractivity contribution is 6.30. The zero-order valence-electron chi connectivity index (χ0n) is 12.2. The summed E-state index contributed by atoms with van der Waals surface area (Å²) in [6.45, 7) is 3.02. The molecule has 0 amide bonds. The van der Waals surface area contributed by atoms with E-state index in [1.54, 1.807) is 12.1 Å². The Labute approximate surface area is 129 Å². The Morgan fingerprint density at radius 1 is 1.52 bits per heavy atom. The molecule has 3 nitrogen and oxygen atoms in total. The fourth-order valence-corrected chi connectivity index (χ4v) is 3.29. The Hall–Kier alpha value is -1.13. The first-order valence-electron chi connectivity index (χ1n) is 7.41. The molecule has 0 saturated carbocycles. The highest BCUT2D eigenvalue weighted by Crippen LogP contribution is 2.31. The molecule has 5 heteroatoms. The lowest BCUT2D eigenvalue weighted by Crippen LogP contribution is -2.41. The minimum absolute atomic E-state index is 0.113. The predicted octanol–water partition coefficient (Wildman–Crippen LogP) is 4.26. The highest BCUT2D eigenvalue weighted by Gasteiger charge is 2.27. The summed E-state index contributed by atoms with van der Waals surface area (Å²) in [7, 11) is 0. The fraction of sp³-hybridized carbons (Fsp3) is 0.562. The molecule has 1 aliphatic heterocycles. The van der Waals surface area contributed by atoms with Crippen molar-refractivity contribution in [3.8, 4) is 0 Å². The Morgan fingerprint density at radius 3 is 2.95 bits per heavy atom. The number of rotatable bonds is 5. The average Bonchev–Trinajstić information content (AvgIpc) is 2.47. The number of piperidine rings is 1. The van der Waals surface area contributed by atoms with Crippen LogP contribution in [0.3, 0.4) is 0 Å². The maximum atomic E-state index is 13.3. The van der Waals surface area contributed by atoms with Crippen LogP contribution in [0, 0.1) is 5.82 Å². The van der Waals surface area contributed by atoms with Gasteiger partial charge in [0.1, 0.15) is 5.82 Å². The molecule has 21 heavy (non-hydrogen) atoms. The van der Waals surface area contributed by atoms with Gasteiger partial charge in [-0.25, -0.2) is 4.39 Å². The number of hydrogen-bond acceptors (Lipinski definition) is 2. The van der Waals surface area contributed by atoms with E-state index in [0.29, 0.717) is 6.42 Å². The smallest absolute Gasteiger partial charge is 0.303 e. The lowest BCUT2D eigenvalue weighted by molar-refractivity contribution is -0.137. The van der Waals surface area contributed by atoms with Crippen molar-refractivity contribution in [1.82, 2.24) is 4.90 Å². The molecule has 1 aliphatic rings. The molecule has 2 rings (SSSR count). The number of carboxylic acid groups (broad SMARTS) is 1. The van der Waals surface area contributed by atoms with E-state index in [9.17, 15) is 9.18 Å². The summed E-state index contributed by atoms with van der Waals surface area (Å²) in [5, 5.41) is 9.01. The third-order valence-corrected chi connectivity index (χ3v) is 4.58. The van der Waals surface area contributed by atoms with Gasteiger partial charge in [0.2, 0.25) is 0 Å². The van der Waals surface area contributed by atoms with Gasteiger partial charge in [0.25, 0.3) is 0 Å². The largest absolute Gasteiger partial charge is 0.481 e. The van der Waals surface area contributed by atoms with Gasteiger partial charge < -0.3 is 5.11 Å². The molecular formula is C16H21ClFNO2. The summed E-state index contributed by atoms with van der Waals surface area (Å²) in [6, 6.07) is 5.21. The monoisotopic (exact) mass is 313 g/mol. The van der Waals surface area contributed by atoms with E-state index >= 15 is 0 Å². The number of carboxylic acids is 1. The molecule has 2 unspecified atom stereocenters. The normalized spacial score (nSPS) is 21.2. The Kier molecular flexibility index (Phi) is 5.59. The maximum absolute atomic E-state index is 13.3. The molecule has 2 atom stereocenters. The van der Waals surface area contributed by atoms with Crippen molar-refractivity contribution in [3.05, 3.63) is 34.6 Å². The summed E-state index contributed by atoms with van der Waals surface area (Å²) in [5.41, 5.74) is 0.976. The lowest BCUT2D eigenvalue weighted by Gasteiger charge is -2.40. The van der Waals surface area contributed by atoms with Gasteiger partial charge in [-0.15, -0.1) is 0 Å². The molecule has 0 aromatic heterocycles. The maximum Gasteiger partial charge on any atom is 0.303 e. The van der Waals surface area contributed by atoms with Gasteiger partial charge in [-0.1, -0.05) is 24.1 Å². The number of likely N-dealkylation sites (tertiary alicyclic amines) is 1. The number of aliphatic carboxylic acids is 1. The van der Waals surface area contributed by atoms with Crippen LogP contribution in [0.2, 0.25) is 5.02 Å². The third-order valence-electron chi connectivity index (χ3n) is 4.29. The SMILES string of the molecule is CC(c1ccc(F)c(Cl)c1)N1CCCCC1CCC(=O)O. The van der Waals surface area contributed by atoms with Crippen LogP contribution in [-0.4, -0.2) is 28.6 Å². The molecule has 0 radical (unpaired) electrons. The van der Waals surface area contributed by atoms with Crippen LogP contribution in [0.25, 0.3) is 0 Å². The number of nitrogens with zero attached hydrogens (tertiary/aromatic N) is 1. The first-order chi connectivity index (χ1) is 9.99. The number of halogens is 2. The zero-order chi connectivity index (χ0) is 15.4. The molecule has 0 spiro atoms. The molecule has 116 valence electrons. The van der Waals surface area contributed by atoms with E-state index in [2.05, 4.69) is 11.8 Å². The minimum Gasteiger partial charge on any atom is -0.481 e. The molecule has 1 aromatic rings. The van der Waals surface area contributed by atoms with Crippen molar-refractivity contribution in [2.45, 2.75) is 51.1 Å². The van der Waals surface area contributed by atoms with Gasteiger partial charge in [-0.05, 0) is 50.4 Å². The van der Waals surface area contributed by atoms with E-state index < -0.39 is 11.8 Å². The van der Waals surface area contributed by atoms with E-state index in [-0.39, 0.29) is 23.5 Å². The first-order valence-corrected chi connectivity index (χ1v) is 7.79. The van der Waals surface area contributed by atoms with E-state index in [1.165, 1.54) is 6.07 Å². The molecule has 1 heterocycles. The minimum atomic E-state index is -0.752. The first kappa shape index (κ1) is 16.2. The van der Waals surface area contributed by atoms with Gasteiger partial charge in [0, 0.05) is 18.5 Å². The quantitative estimate of drug-likeness (QED) is 0.883.